The van der Waals surface area contributed by atoms with E-state index in [-0.39, 0.29) is 18.3 Å². The van der Waals surface area contributed by atoms with Gasteiger partial charge in [0, 0.05) is 35.3 Å². The number of hydrogen-bond donors (Lipinski definition) is 2. The summed E-state index contributed by atoms with van der Waals surface area (Å²) < 4.78 is 1.88. The van der Waals surface area contributed by atoms with Crippen molar-refractivity contribution in [1.29, 1.82) is 0 Å². The molecule has 0 unspecified atom stereocenters. The van der Waals surface area contributed by atoms with Crippen LogP contribution < -0.4 is 10.6 Å². The summed E-state index contributed by atoms with van der Waals surface area (Å²) in [5.74, 6) is 0.0822. The Kier molecular flexibility index (Phi) is 9.19. The van der Waals surface area contributed by atoms with Gasteiger partial charge >= 0.3 is 0 Å². The molecule has 0 aliphatic rings. The predicted octanol–water partition coefficient (Wildman–Crippen LogP) is 4.27. The Bertz CT molecular complexity index is 895. The van der Waals surface area contributed by atoms with Gasteiger partial charge in [-0.3, -0.25) is 4.79 Å². The molecule has 2 aromatic carbocycles. The maximum absolute atomic E-state index is 12.0. The lowest BCUT2D eigenvalue weighted by Gasteiger charge is -2.06. The van der Waals surface area contributed by atoms with Gasteiger partial charge < -0.3 is 10.6 Å². The van der Waals surface area contributed by atoms with Gasteiger partial charge in [-0.15, -0.1) is 12.4 Å². The molecule has 1 amide bonds. The van der Waals surface area contributed by atoms with Gasteiger partial charge in [0.15, 0.2) is 0 Å². The number of para-hydroxylation sites is 1. The van der Waals surface area contributed by atoms with Gasteiger partial charge in [0.05, 0.1) is 11.4 Å². The van der Waals surface area contributed by atoms with Crippen molar-refractivity contribution in [2.75, 3.05) is 20.1 Å². The van der Waals surface area contributed by atoms with Crippen molar-refractivity contribution in [3.05, 3.63) is 71.4 Å². The van der Waals surface area contributed by atoms with E-state index in [2.05, 4.69) is 10.6 Å². The average Bonchev–Trinajstić information content (AvgIpc) is 3.14. The first kappa shape index (κ1) is 22.9. The molecular weight excluding hydrogens is 407 g/mol. The molecule has 0 fully saturated rings. The van der Waals surface area contributed by atoms with Crippen molar-refractivity contribution in [1.82, 2.24) is 20.4 Å². The third kappa shape index (κ3) is 6.60. The molecule has 0 saturated heterocycles. The zero-order valence-electron chi connectivity index (χ0n) is 16.4. The van der Waals surface area contributed by atoms with Crippen LogP contribution in [0.5, 0.6) is 0 Å². The molecule has 0 saturated carbocycles. The standard InChI is InChI=1S/C22H25ClN4O.ClH/c1-24-14-5-8-21(28)25-15-13-18-16-27(20-6-3-2-4-7-20)26-22(18)17-9-11-19(23)12-10-17;/h2-4,6-7,9-12,16,24H,5,8,13-15H2,1H3,(H,25,28);1H. The van der Waals surface area contributed by atoms with Crippen molar-refractivity contribution < 1.29 is 4.79 Å². The molecule has 1 aromatic heterocycles. The van der Waals surface area contributed by atoms with Gasteiger partial charge in [-0.25, -0.2) is 4.68 Å². The molecule has 0 spiro atoms. The largest absolute Gasteiger partial charge is 0.356 e. The lowest BCUT2D eigenvalue weighted by atomic mass is 10.1. The molecule has 3 aromatic rings. The summed E-state index contributed by atoms with van der Waals surface area (Å²) in [6, 6.07) is 17.7. The lowest BCUT2D eigenvalue weighted by molar-refractivity contribution is -0.121. The van der Waals surface area contributed by atoms with Crippen LogP contribution >= 0.6 is 24.0 Å². The summed E-state index contributed by atoms with van der Waals surface area (Å²) in [6.45, 7) is 1.43. The molecule has 0 aliphatic heterocycles. The molecule has 0 aliphatic carbocycles. The highest BCUT2D eigenvalue weighted by atomic mass is 35.5. The monoisotopic (exact) mass is 432 g/mol. The second-order valence-electron chi connectivity index (χ2n) is 6.60. The van der Waals surface area contributed by atoms with E-state index >= 15 is 0 Å². The van der Waals surface area contributed by atoms with Crippen LogP contribution in [0.25, 0.3) is 16.9 Å². The Morgan fingerprint density at radius 3 is 2.48 bits per heavy atom. The van der Waals surface area contributed by atoms with Crippen LogP contribution in [-0.4, -0.2) is 35.8 Å². The maximum atomic E-state index is 12.0. The zero-order valence-corrected chi connectivity index (χ0v) is 18.0. The number of carbonyl (C=O) groups is 1. The number of carbonyl (C=O) groups excluding carboxylic acids is 1. The Balaban J connectivity index is 0.00000300. The molecular formula is C22H26Cl2N4O. The number of aromatic nitrogens is 2. The highest BCUT2D eigenvalue weighted by Gasteiger charge is 2.13. The number of nitrogens with one attached hydrogen (secondary N) is 2. The highest BCUT2D eigenvalue weighted by molar-refractivity contribution is 6.30. The third-order valence-corrected chi connectivity index (χ3v) is 4.73. The van der Waals surface area contributed by atoms with E-state index in [9.17, 15) is 4.79 Å². The molecule has 0 radical (unpaired) electrons. The van der Waals surface area contributed by atoms with E-state index in [1.807, 2.05) is 72.5 Å². The van der Waals surface area contributed by atoms with E-state index in [1.165, 1.54) is 0 Å². The van der Waals surface area contributed by atoms with Crippen LogP contribution in [0.15, 0.2) is 60.8 Å². The fourth-order valence-corrected chi connectivity index (χ4v) is 3.13. The van der Waals surface area contributed by atoms with Crippen LogP contribution in [0.1, 0.15) is 18.4 Å². The normalized spacial score (nSPS) is 10.4. The summed E-state index contributed by atoms with van der Waals surface area (Å²) in [7, 11) is 1.89. The fraction of sp³-hybridized carbons (Fsp3) is 0.273. The summed E-state index contributed by atoms with van der Waals surface area (Å²) >= 11 is 6.03. The zero-order chi connectivity index (χ0) is 19.8. The molecule has 1 heterocycles. The predicted molar refractivity (Wildman–Crippen MR) is 121 cm³/mol. The van der Waals surface area contributed by atoms with Gasteiger partial charge in [-0.2, -0.15) is 5.10 Å². The molecule has 154 valence electrons. The molecule has 5 nitrogen and oxygen atoms in total. The number of benzene rings is 2. The average molecular weight is 433 g/mol. The number of rotatable bonds is 9. The Morgan fingerprint density at radius 1 is 1.07 bits per heavy atom. The molecule has 29 heavy (non-hydrogen) atoms. The highest BCUT2D eigenvalue weighted by Crippen LogP contribution is 2.25. The fourth-order valence-electron chi connectivity index (χ4n) is 3.01. The first-order valence-electron chi connectivity index (χ1n) is 9.48. The van der Waals surface area contributed by atoms with E-state index in [1.54, 1.807) is 0 Å². The second kappa shape index (κ2) is 11.6. The molecule has 3 rings (SSSR count). The number of halogens is 2. The minimum atomic E-state index is 0. The quantitative estimate of drug-likeness (QED) is 0.496. The Hall–Kier alpha value is -2.34. The second-order valence-corrected chi connectivity index (χ2v) is 7.03. The van der Waals surface area contributed by atoms with Gasteiger partial charge in [0.1, 0.15) is 0 Å². The van der Waals surface area contributed by atoms with Gasteiger partial charge in [0.2, 0.25) is 5.91 Å². The number of amides is 1. The van der Waals surface area contributed by atoms with Crippen molar-refractivity contribution in [2.45, 2.75) is 19.3 Å². The smallest absolute Gasteiger partial charge is 0.220 e. The third-order valence-electron chi connectivity index (χ3n) is 4.48. The first-order chi connectivity index (χ1) is 13.7. The number of hydrogen-bond acceptors (Lipinski definition) is 3. The van der Waals surface area contributed by atoms with E-state index in [0.29, 0.717) is 24.4 Å². The molecule has 0 bridgehead atoms. The number of nitrogens with zero attached hydrogens (tertiary/aromatic N) is 2. The lowest BCUT2D eigenvalue weighted by Crippen LogP contribution is -2.26. The summed E-state index contributed by atoms with van der Waals surface area (Å²) in [6.07, 6.45) is 4.12. The topological polar surface area (TPSA) is 59.0 Å². The molecule has 0 atom stereocenters. The Morgan fingerprint density at radius 2 is 1.79 bits per heavy atom. The van der Waals surface area contributed by atoms with Gasteiger partial charge in [-0.05, 0) is 50.7 Å². The van der Waals surface area contributed by atoms with Crippen LogP contribution in [0, 0.1) is 0 Å². The van der Waals surface area contributed by atoms with Gasteiger partial charge in [-0.1, -0.05) is 41.9 Å². The van der Waals surface area contributed by atoms with Crippen molar-refractivity contribution in [3.8, 4) is 16.9 Å². The summed E-state index contributed by atoms with van der Waals surface area (Å²) in [4.78, 5) is 12.0. The van der Waals surface area contributed by atoms with Crippen molar-refractivity contribution in [2.24, 2.45) is 0 Å². The SMILES string of the molecule is CNCCCC(=O)NCCc1cn(-c2ccccc2)nc1-c1ccc(Cl)cc1.Cl. The Labute approximate surface area is 182 Å². The summed E-state index contributed by atoms with van der Waals surface area (Å²) in [5.41, 5.74) is 4.00. The van der Waals surface area contributed by atoms with Crippen LogP contribution in [0.3, 0.4) is 0 Å². The van der Waals surface area contributed by atoms with E-state index in [0.717, 1.165) is 35.5 Å². The van der Waals surface area contributed by atoms with Crippen LogP contribution in [0.2, 0.25) is 5.02 Å². The first-order valence-corrected chi connectivity index (χ1v) is 9.86. The van der Waals surface area contributed by atoms with Crippen LogP contribution in [-0.2, 0) is 11.2 Å². The van der Waals surface area contributed by atoms with Crippen molar-refractivity contribution >= 4 is 29.9 Å². The maximum Gasteiger partial charge on any atom is 0.220 e. The molecule has 2 N–H and O–H groups in total. The van der Waals surface area contributed by atoms with Gasteiger partial charge in [0.25, 0.3) is 0 Å². The van der Waals surface area contributed by atoms with Crippen molar-refractivity contribution in [3.63, 3.8) is 0 Å². The summed E-state index contributed by atoms with van der Waals surface area (Å²) in [5, 5.41) is 11.5. The minimum absolute atomic E-state index is 0. The minimum Gasteiger partial charge on any atom is -0.356 e. The van der Waals surface area contributed by atoms with E-state index in [4.69, 9.17) is 16.7 Å². The molecule has 7 heteroatoms. The van der Waals surface area contributed by atoms with Crippen LogP contribution in [0.4, 0.5) is 0 Å². The van der Waals surface area contributed by atoms with E-state index < -0.39 is 0 Å².